The van der Waals surface area contributed by atoms with Crippen LogP contribution in [0, 0.1) is 13.8 Å². The first-order chi connectivity index (χ1) is 12.5. The molecule has 0 radical (unpaired) electrons. The van der Waals surface area contributed by atoms with Gasteiger partial charge in [-0.05, 0) is 37.5 Å². The molecule has 1 aliphatic rings. The molecule has 5 heteroatoms. The van der Waals surface area contributed by atoms with E-state index >= 15 is 0 Å². The van der Waals surface area contributed by atoms with Crippen LogP contribution in [0.2, 0.25) is 0 Å². The highest BCUT2D eigenvalue weighted by Gasteiger charge is 2.38. The highest BCUT2D eigenvalue weighted by molar-refractivity contribution is 6.06. The van der Waals surface area contributed by atoms with Crippen molar-refractivity contribution in [3.8, 4) is 5.75 Å². The zero-order valence-electron chi connectivity index (χ0n) is 15.4. The minimum absolute atomic E-state index is 0.0830. The molecule has 1 N–H and O–H groups in total. The number of ether oxygens (including phenoxy) is 1. The van der Waals surface area contributed by atoms with Gasteiger partial charge in [-0.2, -0.15) is 0 Å². The van der Waals surface area contributed by atoms with Crippen molar-refractivity contribution in [2.24, 2.45) is 0 Å². The number of para-hydroxylation sites is 2. The Morgan fingerprint density at radius 1 is 1.12 bits per heavy atom. The van der Waals surface area contributed by atoms with Gasteiger partial charge in [0.05, 0.1) is 12.3 Å². The predicted octanol–water partition coefficient (Wildman–Crippen LogP) is 3.30. The number of rotatable bonds is 6. The van der Waals surface area contributed by atoms with Gasteiger partial charge in [-0.1, -0.05) is 36.4 Å². The van der Waals surface area contributed by atoms with Crippen LogP contribution in [-0.2, 0) is 9.59 Å². The number of benzene rings is 2. The third-order valence-electron chi connectivity index (χ3n) is 4.59. The van der Waals surface area contributed by atoms with Crippen molar-refractivity contribution in [3.05, 3.63) is 59.2 Å². The molecule has 2 aromatic rings. The lowest BCUT2D eigenvalue weighted by molar-refractivity contribution is -0.126. The Bertz CT molecular complexity index is 832. The van der Waals surface area contributed by atoms with E-state index in [2.05, 4.69) is 5.32 Å². The highest BCUT2D eigenvalue weighted by Crippen LogP contribution is 2.38. The Hall–Kier alpha value is -2.82. The van der Waals surface area contributed by atoms with Crippen molar-refractivity contribution in [3.63, 3.8) is 0 Å². The summed E-state index contributed by atoms with van der Waals surface area (Å²) in [7, 11) is 0. The van der Waals surface area contributed by atoms with Crippen molar-refractivity contribution in [1.82, 2.24) is 5.32 Å². The Morgan fingerprint density at radius 3 is 2.58 bits per heavy atom. The molecule has 0 aliphatic carbocycles. The van der Waals surface area contributed by atoms with Crippen molar-refractivity contribution >= 4 is 17.5 Å². The third kappa shape index (κ3) is 3.57. The summed E-state index contributed by atoms with van der Waals surface area (Å²) in [6.45, 7) is 6.51. The Labute approximate surface area is 154 Å². The second-order valence-corrected chi connectivity index (χ2v) is 6.60. The van der Waals surface area contributed by atoms with Gasteiger partial charge in [0.25, 0.3) is 5.91 Å². The second-order valence-electron chi connectivity index (χ2n) is 6.60. The van der Waals surface area contributed by atoms with E-state index in [1.807, 2.05) is 56.3 Å². The SMILES string of the molecule is CC(=O)N[C@H]1C(=O)N(CCCOc2ccccc2C)c2c(C)cccc21. The number of nitrogens with zero attached hydrogens (tertiary/aromatic N) is 1. The third-order valence-corrected chi connectivity index (χ3v) is 4.59. The van der Waals surface area contributed by atoms with Crippen LogP contribution < -0.4 is 15.0 Å². The molecular weight excluding hydrogens is 328 g/mol. The number of carbonyl (C=O) groups is 2. The average Bonchev–Trinajstić information content (AvgIpc) is 2.86. The van der Waals surface area contributed by atoms with Gasteiger partial charge in [0.2, 0.25) is 5.91 Å². The summed E-state index contributed by atoms with van der Waals surface area (Å²) >= 11 is 0. The summed E-state index contributed by atoms with van der Waals surface area (Å²) in [5.41, 5.74) is 3.90. The van der Waals surface area contributed by atoms with Gasteiger partial charge in [-0.3, -0.25) is 9.59 Å². The summed E-state index contributed by atoms with van der Waals surface area (Å²) < 4.78 is 5.83. The number of aryl methyl sites for hydroxylation is 2. The van der Waals surface area contributed by atoms with E-state index in [-0.39, 0.29) is 11.8 Å². The normalized spacial score (nSPS) is 15.7. The van der Waals surface area contributed by atoms with Crippen LogP contribution in [0.25, 0.3) is 0 Å². The Morgan fingerprint density at radius 2 is 1.85 bits per heavy atom. The van der Waals surface area contributed by atoms with Gasteiger partial charge >= 0.3 is 0 Å². The second kappa shape index (κ2) is 7.60. The maximum absolute atomic E-state index is 12.8. The fraction of sp³-hybridized carbons (Fsp3) is 0.333. The minimum Gasteiger partial charge on any atom is -0.493 e. The van der Waals surface area contributed by atoms with Crippen LogP contribution >= 0.6 is 0 Å². The Balaban J connectivity index is 1.69. The summed E-state index contributed by atoms with van der Waals surface area (Å²) in [5, 5.41) is 2.77. The van der Waals surface area contributed by atoms with E-state index in [1.165, 1.54) is 6.92 Å². The fourth-order valence-electron chi connectivity index (χ4n) is 3.37. The van der Waals surface area contributed by atoms with Crippen LogP contribution in [0.4, 0.5) is 5.69 Å². The zero-order valence-corrected chi connectivity index (χ0v) is 15.4. The quantitative estimate of drug-likeness (QED) is 0.812. The maximum atomic E-state index is 12.8. The molecule has 0 spiro atoms. The van der Waals surface area contributed by atoms with Gasteiger partial charge in [0, 0.05) is 19.0 Å². The monoisotopic (exact) mass is 352 g/mol. The van der Waals surface area contributed by atoms with E-state index < -0.39 is 6.04 Å². The smallest absolute Gasteiger partial charge is 0.254 e. The van der Waals surface area contributed by atoms with E-state index in [0.29, 0.717) is 19.6 Å². The number of fused-ring (bicyclic) bond motifs is 1. The van der Waals surface area contributed by atoms with E-state index in [4.69, 9.17) is 4.74 Å². The van der Waals surface area contributed by atoms with Crippen LogP contribution in [0.3, 0.4) is 0 Å². The molecular formula is C21H24N2O3. The molecule has 1 atom stereocenters. The number of carbonyl (C=O) groups excluding carboxylic acids is 2. The lowest BCUT2D eigenvalue weighted by Gasteiger charge is -2.20. The predicted molar refractivity (Wildman–Crippen MR) is 101 cm³/mol. The molecule has 2 amide bonds. The molecule has 3 rings (SSSR count). The molecule has 1 heterocycles. The van der Waals surface area contributed by atoms with E-state index in [9.17, 15) is 9.59 Å². The molecule has 0 aromatic heterocycles. The van der Waals surface area contributed by atoms with Gasteiger partial charge < -0.3 is 15.0 Å². The van der Waals surface area contributed by atoms with E-state index in [0.717, 1.165) is 28.1 Å². The topological polar surface area (TPSA) is 58.6 Å². The largest absolute Gasteiger partial charge is 0.493 e. The average molecular weight is 352 g/mol. The molecule has 136 valence electrons. The maximum Gasteiger partial charge on any atom is 0.254 e. The summed E-state index contributed by atoms with van der Waals surface area (Å²) in [6, 6.07) is 13.1. The van der Waals surface area contributed by atoms with Gasteiger partial charge in [0.15, 0.2) is 0 Å². The highest BCUT2D eigenvalue weighted by atomic mass is 16.5. The molecule has 26 heavy (non-hydrogen) atoms. The number of hydrogen-bond donors (Lipinski definition) is 1. The van der Waals surface area contributed by atoms with Crippen LogP contribution in [-0.4, -0.2) is 25.0 Å². The molecule has 1 aliphatic heterocycles. The van der Waals surface area contributed by atoms with Crippen LogP contribution in [0.5, 0.6) is 5.75 Å². The minimum atomic E-state index is -0.598. The van der Waals surface area contributed by atoms with Crippen LogP contribution in [0.15, 0.2) is 42.5 Å². The zero-order chi connectivity index (χ0) is 18.7. The number of hydrogen-bond acceptors (Lipinski definition) is 3. The summed E-state index contributed by atoms with van der Waals surface area (Å²) in [5.74, 6) is 0.578. The standard InChI is InChI=1S/C21H24N2O3/c1-14-8-4-5-11-18(14)26-13-7-12-23-20-15(2)9-6-10-17(20)19(21(23)25)22-16(3)24/h4-6,8-11,19H,7,12-13H2,1-3H3,(H,22,24)/t19-/m1/s1. The Kier molecular flexibility index (Phi) is 5.26. The molecule has 2 aromatic carbocycles. The molecule has 0 saturated carbocycles. The first-order valence-electron chi connectivity index (χ1n) is 8.85. The van der Waals surface area contributed by atoms with Gasteiger partial charge in [-0.25, -0.2) is 0 Å². The van der Waals surface area contributed by atoms with Crippen LogP contribution in [0.1, 0.15) is 36.1 Å². The number of amides is 2. The molecule has 0 bridgehead atoms. The number of anilines is 1. The first-order valence-corrected chi connectivity index (χ1v) is 8.85. The first kappa shape index (κ1) is 18.0. The van der Waals surface area contributed by atoms with Gasteiger partial charge in [0.1, 0.15) is 11.8 Å². The van der Waals surface area contributed by atoms with E-state index in [1.54, 1.807) is 4.90 Å². The lowest BCUT2D eigenvalue weighted by Crippen LogP contribution is -2.37. The van der Waals surface area contributed by atoms with Crippen molar-refractivity contribution in [2.45, 2.75) is 33.2 Å². The summed E-state index contributed by atoms with van der Waals surface area (Å²) in [4.78, 5) is 26.1. The van der Waals surface area contributed by atoms with Crippen molar-refractivity contribution < 1.29 is 14.3 Å². The molecule has 5 nitrogen and oxygen atoms in total. The molecule has 0 fully saturated rings. The fourth-order valence-corrected chi connectivity index (χ4v) is 3.37. The molecule has 0 unspecified atom stereocenters. The summed E-state index contributed by atoms with van der Waals surface area (Å²) in [6.07, 6.45) is 0.709. The number of nitrogens with one attached hydrogen (secondary N) is 1. The van der Waals surface area contributed by atoms with Gasteiger partial charge in [-0.15, -0.1) is 0 Å². The van der Waals surface area contributed by atoms with Crippen molar-refractivity contribution in [1.29, 1.82) is 0 Å². The molecule has 0 saturated heterocycles. The van der Waals surface area contributed by atoms with Crippen molar-refractivity contribution in [2.75, 3.05) is 18.1 Å². The lowest BCUT2D eigenvalue weighted by atomic mass is 10.1.